The Bertz CT molecular complexity index is 189. The molecule has 1 unspecified atom stereocenters. The standard InChI is InChI=1S/C9H16N2O/c1-11-7-3-2-4-8(11)5-6-9(10)12/h5-6,8H,2-4,7H2,1H3,(H2,10,12)/b6-5+. The molecule has 1 fully saturated rings. The molecule has 3 nitrogen and oxygen atoms in total. The summed E-state index contributed by atoms with van der Waals surface area (Å²) in [6, 6.07) is 0.409. The van der Waals surface area contributed by atoms with Gasteiger partial charge in [0.15, 0.2) is 0 Å². The molecule has 1 heterocycles. The van der Waals surface area contributed by atoms with Gasteiger partial charge in [0.1, 0.15) is 0 Å². The molecule has 0 aromatic carbocycles. The highest BCUT2D eigenvalue weighted by atomic mass is 16.1. The number of nitrogens with zero attached hydrogens (tertiary/aromatic N) is 1. The highest BCUT2D eigenvalue weighted by Crippen LogP contribution is 2.15. The van der Waals surface area contributed by atoms with Crippen LogP contribution in [-0.4, -0.2) is 30.4 Å². The van der Waals surface area contributed by atoms with Crippen LogP contribution in [0.4, 0.5) is 0 Å². The van der Waals surface area contributed by atoms with E-state index in [-0.39, 0.29) is 5.91 Å². The number of piperidine rings is 1. The van der Waals surface area contributed by atoms with Gasteiger partial charge in [-0.1, -0.05) is 12.5 Å². The van der Waals surface area contributed by atoms with Crippen molar-refractivity contribution in [1.82, 2.24) is 4.90 Å². The van der Waals surface area contributed by atoms with Crippen molar-refractivity contribution < 1.29 is 4.79 Å². The zero-order chi connectivity index (χ0) is 8.97. The molecule has 0 aromatic rings. The maximum Gasteiger partial charge on any atom is 0.241 e. The van der Waals surface area contributed by atoms with Crippen LogP contribution in [0.2, 0.25) is 0 Å². The molecule has 12 heavy (non-hydrogen) atoms. The van der Waals surface area contributed by atoms with Gasteiger partial charge in [-0.2, -0.15) is 0 Å². The molecule has 0 aliphatic carbocycles. The molecule has 0 bridgehead atoms. The topological polar surface area (TPSA) is 46.3 Å². The fraction of sp³-hybridized carbons (Fsp3) is 0.667. The van der Waals surface area contributed by atoms with E-state index in [1.165, 1.54) is 18.9 Å². The lowest BCUT2D eigenvalue weighted by Gasteiger charge is -2.29. The predicted molar refractivity (Wildman–Crippen MR) is 48.6 cm³/mol. The number of hydrogen-bond donors (Lipinski definition) is 1. The average molecular weight is 168 g/mol. The van der Waals surface area contributed by atoms with Crippen molar-refractivity contribution in [2.45, 2.75) is 25.3 Å². The average Bonchev–Trinajstić information content (AvgIpc) is 2.03. The van der Waals surface area contributed by atoms with Crippen molar-refractivity contribution in [3.63, 3.8) is 0 Å². The molecule has 0 saturated carbocycles. The molecule has 0 radical (unpaired) electrons. The van der Waals surface area contributed by atoms with Crippen LogP contribution in [0.1, 0.15) is 19.3 Å². The van der Waals surface area contributed by atoms with Crippen LogP contribution in [0.3, 0.4) is 0 Å². The van der Waals surface area contributed by atoms with Gasteiger partial charge in [-0.15, -0.1) is 0 Å². The molecule has 1 aliphatic rings. The molecule has 2 N–H and O–H groups in total. The molecule has 68 valence electrons. The molecule has 1 saturated heterocycles. The summed E-state index contributed by atoms with van der Waals surface area (Å²) in [4.78, 5) is 12.7. The molecule has 0 spiro atoms. The Kier molecular flexibility index (Phi) is 3.29. The van der Waals surface area contributed by atoms with Crippen molar-refractivity contribution in [2.75, 3.05) is 13.6 Å². The Morgan fingerprint density at radius 2 is 2.33 bits per heavy atom. The van der Waals surface area contributed by atoms with Crippen LogP contribution >= 0.6 is 0 Å². The summed E-state index contributed by atoms with van der Waals surface area (Å²) >= 11 is 0. The third-order valence-electron chi connectivity index (χ3n) is 2.31. The fourth-order valence-electron chi connectivity index (χ4n) is 1.55. The minimum Gasteiger partial charge on any atom is -0.366 e. The molecule has 3 heteroatoms. The third-order valence-corrected chi connectivity index (χ3v) is 2.31. The van der Waals surface area contributed by atoms with Crippen molar-refractivity contribution in [3.05, 3.63) is 12.2 Å². The van der Waals surface area contributed by atoms with Crippen LogP contribution in [0.25, 0.3) is 0 Å². The van der Waals surface area contributed by atoms with Gasteiger partial charge in [0.25, 0.3) is 0 Å². The summed E-state index contributed by atoms with van der Waals surface area (Å²) < 4.78 is 0. The largest absolute Gasteiger partial charge is 0.366 e. The van der Waals surface area contributed by atoms with Gasteiger partial charge >= 0.3 is 0 Å². The van der Waals surface area contributed by atoms with Crippen LogP contribution in [0, 0.1) is 0 Å². The van der Waals surface area contributed by atoms with E-state index in [0.717, 1.165) is 13.0 Å². The van der Waals surface area contributed by atoms with Crippen molar-refractivity contribution in [2.24, 2.45) is 5.73 Å². The monoisotopic (exact) mass is 168 g/mol. The molecule has 1 atom stereocenters. The Labute approximate surface area is 73.2 Å². The summed E-state index contributed by atoms with van der Waals surface area (Å²) in [6.45, 7) is 1.12. The second kappa shape index (κ2) is 4.26. The molecule has 1 amide bonds. The SMILES string of the molecule is CN1CCCCC1/C=C/C(N)=O. The first kappa shape index (κ1) is 9.26. The summed E-state index contributed by atoms with van der Waals surface area (Å²) in [5.41, 5.74) is 5.01. The predicted octanol–water partition coefficient (Wildman–Crippen LogP) is 0.512. The number of carbonyl (C=O) groups is 1. The van der Waals surface area contributed by atoms with Crippen LogP contribution in [-0.2, 0) is 4.79 Å². The Hall–Kier alpha value is -0.830. The van der Waals surface area contributed by atoms with Gasteiger partial charge in [0.2, 0.25) is 5.91 Å². The van der Waals surface area contributed by atoms with Crippen LogP contribution in [0.5, 0.6) is 0 Å². The Morgan fingerprint density at radius 3 is 2.92 bits per heavy atom. The molecule has 0 aromatic heterocycles. The number of amides is 1. The zero-order valence-electron chi connectivity index (χ0n) is 7.49. The lowest BCUT2D eigenvalue weighted by molar-refractivity contribution is -0.113. The van der Waals surface area contributed by atoms with E-state index in [0.29, 0.717) is 6.04 Å². The number of carbonyl (C=O) groups excluding carboxylic acids is 1. The number of hydrogen-bond acceptors (Lipinski definition) is 2. The van der Waals surface area contributed by atoms with Crippen LogP contribution < -0.4 is 5.73 Å². The first-order valence-corrected chi connectivity index (χ1v) is 4.38. The van der Waals surface area contributed by atoms with E-state index in [2.05, 4.69) is 11.9 Å². The highest BCUT2D eigenvalue weighted by Gasteiger charge is 2.15. The van der Waals surface area contributed by atoms with Crippen molar-refractivity contribution in [1.29, 1.82) is 0 Å². The fourth-order valence-corrected chi connectivity index (χ4v) is 1.55. The number of rotatable bonds is 2. The lowest BCUT2D eigenvalue weighted by Crippen LogP contribution is -2.34. The summed E-state index contributed by atoms with van der Waals surface area (Å²) in [5.74, 6) is -0.353. The maximum absolute atomic E-state index is 10.5. The number of primary amides is 1. The summed E-state index contributed by atoms with van der Waals surface area (Å²) in [5, 5.41) is 0. The normalized spacial score (nSPS) is 26.2. The highest BCUT2D eigenvalue weighted by molar-refractivity contribution is 5.85. The number of likely N-dealkylation sites (N-methyl/N-ethyl adjacent to an activating group) is 1. The minimum absolute atomic E-state index is 0.353. The number of likely N-dealkylation sites (tertiary alicyclic amines) is 1. The lowest BCUT2D eigenvalue weighted by atomic mass is 10.0. The second-order valence-electron chi connectivity index (χ2n) is 3.31. The smallest absolute Gasteiger partial charge is 0.241 e. The Morgan fingerprint density at radius 1 is 1.58 bits per heavy atom. The molecular weight excluding hydrogens is 152 g/mol. The van der Waals surface area contributed by atoms with Gasteiger partial charge in [-0.25, -0.2) is 0 Å². The third kappa shape index (κ3) is 2.66. The maximum atomic E-state index is 10.5. The zero-order valence-corrected chi connectivity index (χ0v) is 7.49. The van der Waals surface area contributed by atoms with E-state index < -0.39 is 0 Å². The van der Waals surface area contributed by atoms with Gasteiger partial charge in [0.05, 0.1) is 0 Å². The Balaban J connectivity index is 2.43. The van der Waals surface area contributed by atoms with Gasteiger partial charge in [-0.3, -0.25) is 9.69 Å². The van der Waals surface area contributed by atoms with E-state index in [1.54, 1.807) is 0 Å². The van der Waals surface area contributed by atoms with Gasteiger partial charge in [-0.05, 0) is 26.4 Å². The van der Waals surface area contributed by atoms with Crippen molar-refractivity contribution >= 4 is 5.91 Å². The van der Waals surface area contributed by atoms with Gasteiger partial charge < -0.3 is 5.73 Å². The van der Waals surface area contributed by atoms with E-state index in [4.69, 9.17) is 5.73 Å². The van der Waals surface area contributed by atoms with E-state index in [9.17, 15) is 4.79 Å². The second-order valence-corrected chi connectivity index (χ2v) is 3.31. The molecule has 1 aliphatic heterocycles. The van der Waals surface area contributed by atoms with E-state index >= 15 is 0 Å². The van der Waals surface area contributed by atoms with Gasteiger partial charge in [0, 0.05) is 12.1 Å². The first-order valence-electron chi connectivity index (χ1n) is 4.38. The first-order chi connectivity index (χ1) is 5.70. The number of nitrogens with two attached hydrogens (primary N) is 1. The molecule has 1 rings (SSSR count). The van der Waals surface area contributed by atoms with Crippen LogP contribution in [0.15, 0.2) is 12.2 Å². The van der Waals surface area contributed by atoms with Crippen molar-refractivity contribution in [3.8, 4) is 0 Å². The molecular formula is C9H16N2O. The van der Waals surface area contributed by atoms with E-state index in [1.807, 2.05) is 6.08 Å². The quantitative estimate of drug-likeness (QED) is 0.611. The summed E-state index contributed by atoms with van der Waals surface area (Å²) in [6.07, 6.45) is 7.02. The minimum atomic E-state index is -0.353. The summed E-state index contributed by atoms with van der Waals surface area (Å²) in [7, 11) is 2.08.